The summed E-state index contributed by atoms with van der Waals surface area (Å²) in [6.45, 7) is 1.93. The van der Waals surface area contributed by atoms with Crippen molar-refractivity contribution in [1.82, 2.24) is 4.98 Å². The first-order valence-corrected chi connectivity index (χ1v) is 5.99. The number of hydrogen-bond donors (Lipinski definition) is 1. The first-order valence-electron chi connectivity index (χ1n) is 5.99. The van der Waals surface area contributed by atoms with Crippen LogP contribution in [0, 0.1) is 12.8 Å². The SMILES string of the molecule is Cc1cc(NC(=O)C2CCCCC2)ccn1. The lowest BCUT2D eigenvalue weighted by Crippen LogP contribution is -2.24. The predicted molar refractivity (Wildman–Crippen MR) is 64.2 cm³/mol. The molecule has 0 aliphatic heterocycles. The molecule has 0 atom stereocenters. The third-order valence-electron chi connectivity index (χ3n) is 3.14. The molecular formula is C13H18N2O. The first-order chi connectivity index (χ1) is 7.75. The first kappa shape index (κ1) is 11.1. The number of hydrogen-bond acceptors (Lipinski definition) is 2. The normalized spacial score (nSPS) is 17.1. The predicted octanol–water partition coefficient (Wildman–Crippen LogP) is 2.91. The molecule has 0 spiro atoms. The molecule has 3 heteroatoms. The molecule has 0 bridgehead atoms. The van der Waals surface area contributed by atoms with Gasteiger partial charge in [0.05, 0.1) is 0 Å². The monoisotopic (exact) mass is 218 g/mol. The molecule has 1 amide bonds. The van der Waals surface area contributed by atoms with Gasteiger partial charge in [-0.25, -0.2) is 0 Å². The fraction of sp³-hybridized carbons (Fsp3) is 0.538. The van der Waals surface area contributed by atoms with Crippen molar-refractivity contribution in [2.75, 3.05) is 5.32 Å². The maximum atomic E-state index is 11.9. The van der Waals surface area contributed by atoms with Crippen LogP contribution in [-0.2, 0) is 4.79 Å². The minimum atomic E-state index is 0.172. The van der Waals surface area contributed by atoms with E-state index in [4.69, 9.17) is 0 Å². The van der Waals surface area contributed by atoms with Crippen LogP contribution in [0.5, 0.6) is 0 Å². The van der Waals surface area contributed by atoms with E-state index in [1.54, 1.807) is 6.20 Å². The van der Waals surface area contributed by atoms with Crippen molar-refractivity contribution in [2.24, 2.45) is 5.92 Å². The molecule has 0 unspecified atom stereocenters. The lowest BCUT2D eigenvalue weighted by atomic mass is 9.88. The number of aromatic nitrogens is 1. The summed E-state index contributed by atoms with van der Waals surface area (Å²) in [5.41, 5.74) is 1.80. The average molecular weight is 218 g/mol. The maximum Gasteiger partial charge on any atom is 0.227 e. The third-order valence-corrected chi connectivity index (χ3v) is 3.14. The van der Waals surface area contributed by atoms with Gasteiger partial charge >= 0.3 is 0 Å². The summed E-state index contributed by atoms with van der Waals surface area (Å²) in [6.07, 6.45) is 7.46. The van der Waals surface area contributed by atoms with Crippen molar-refractivity contribution in [1.29, 1.82) is 0 Å². The Morgan fingerprint density at radius 1 is 1.38 bits per heavy atom. The fourth-order valence-electron chi connectivity index (χ4n) is 2.23. The summed E-state index contributed by atoms with van der Waals surface area (Å²) in [4.78, 5) is 16.1. The highest BCUT2D eigenvalue weighted by molar-refractivity contribution is 5.92. The Kier molecular flexibility index (Phi) is 3.54. The number of aryl methyl sites for hydroxylation is 1. The van der Waals surface area contributed by atoms with Crippen molar-refractivity contribution < 1.29 is 4.79 Å². The second kappa shape index (κ2) is 5.10. The molecule has 2 rings (SSSR count). The highest BCUT2D eigenvalue weighted by Gasteiger charge is 2.20. The zero-order valence-electron chi connectivity index (χ0n) is 9.70. The van der Waals surface area contributed by atoms with Crippen molar-refractivity contribution in [3.8, 4) is 0 Å². The topological polar surface area (TPSA) is 42.0 Å². The minimum absolute atomic E-state index is 0.172. The van der Waals surface area contributed by atoms with E-state index in [2.05, 4.69) is 10.3 Å². The van der Waals surface area contributed by atoms with Gasteiger partial charge in [-0.05, 0) is 31.9 Å². The van der Waals surface area contributed by atoms with Gasteiger partial charge in [0.2, 0.25) is 5.91 Å². The van der Waals surface area contributed by atoms with Crippen LogP contribution in [0.15, 0.2) is 18.3 Å². The molecule has 1 N–H and O–H groups in total. The molecule has 1 fully saturated rings. The van der Waals surface area contributed by atoms with Crippen LogP contribution in [0.25, 0.3) is 0 Å². The minimum Gasteiger partial charge on any atom is -0.326 e. The Balaban J connectivity index is 1.96. The van der Waals surface area contributed by atoms with Crippen molar-refractivity contribution in [3.63, 3.8) is 0 Å². The lowest BCUT2D eigenvalue weighted by molar-refractivity contribution is -0.120. The zero-order chi connectivity index (χ0) is 11.4. The molecule has 1 aromatic rings. The van der Waals surface area contributed by atoms with Gasteiger partial charge in [-0.2, -0.15) is 0 Å². The standard InChI is InChI=1S/C13H18N2O/c1-10-9-12(7-8-14-10)15-13(16)11-5-3-2-4-6-11/h7-9,11H,2-6H2,1H3,(H,14,15,16). The molecule has 1 aliphatic carbocycles. The van der Waals surface area contributed by atoms with E-state index in [9.17, 15) is 4.79 Å². The summed E-state index contributed by atoms with van der Waals surface area (Å²) in [6, 6.07) is 3.74. The van der Waals surface area contributed by atoms with E-state index in [1.165, 1.54) is 19.3 Å². The second-order valence-electron chi connectivity index (χ2n) is 4.51. The van der Waals surface area contributed by atoms with Crippen LogP contribution in [-0.4, -0.2) is 10.9 Å². The number of pyridine rings is 1. The van der Waals surface area contributed by atoms with Gasteiger partial charge in [0.1, 0.15) is 0 Å². The molecule has 16 heavy (non-hydrogen) atoms. The number of anilines is 1. The Morgan fingerprint density at radius 2 is 2.12 bits per heavy atom. The van der Waals surface area contributed by atoms with E-state index in [-0.39, 0.29) is 11.8 Å². The molecule has 0 saturated heterocycles. The van der Waals surface area contributed by atoms with E-state index < -0.39 is 0 Å². The molecule has 1 aromatic heterocycles. The summed E-state index contributed by atoms with van der Waals surface area (Å²) >= 11 is 0. The molecule has 1 saturated carbocycles. The van der Waals surface area contributed by atoms with Gasteiger partial charge < -0.3 is 5.32 Å². The van der Waals surface area contributed by atoms with Gasteiger partial charge in [-0.3, -0.25) is 9.78 Å². The van der Waals surface area contributed by atoms with E-state index >= 15 is 0 Å². The number of amides is 1. The highest BCUT2D eigenvalue weighted by Crippen LogP contribution is 2.24. The highest BCUT2D eigenvalue weighted by atomic mass is 16.1. The average Bonchev–Trinajstić information content (AvgIpc) is 2.30. The third kappa shape index (κ3) is 2.81. The Labute approximate surface area is 96.3 Å². The quantitative estimate of drug-likeness (QED) is 0.829. The van der Waals surface area contributed by atoms with Crippen LogP contribution in [0.3, 0.4) is 0 Å². The largest absolute Gasteiger partial charge is 0.326 e. The van der Waals surface area contributed by atoms with E-state index in [0.717, 1.165) is 24.2 Å². The zero-order valence-corrected chi connectivity index (χ0v) is 9.70. The van der Waals surface area contributed by atoms with Crippen LogP contribution in [0.1, 0.15) is 37.8 Å². The summed E-state index contributed by atoms with van der Waals surface area (Å²) in [5.74, 6) is 0.382. The number of nitrogens with zero attached hydrogens (tertiary/aromatic N) is 1. The Morgan fingerprint density at radius 3 is 2.81 bits per heavy atom. The second-order valence-corrected chi connectivity index (χ2v) is 4.51. The maximum absolute atomic E-state index is 11.9. The molecule has 3 nitrogen and oxygen atoms in total. The summed E-state index contributed by atoms with van der Waals surface area (Å²) in [5, 5.41) is 2.97. The van der Waals surface area contributed by atoms with Crippen molar-refractivity contribution in [2.45, 2.75) is 39.0 Å². The van der Waals surface area contributed by atoms with Gasteiger partial charge in [0, 0.05) is 23.5 Å². The number of carbonyl (C=O) groups excluding carboxylic acids is 1. The van der Waals surface area contributed by atoms with Gasteiger partial charge in [-0.15, -0.1) is 0 Å². The van der Waals surface area contributed by atoms with Gasteiger partial charge in [-0.1, -0.05) is 19.3 Å². The van der Waals surface area contributed by atoms with Crippen LogP contribution < -0.4 is 5.32 Å². The molecule has 0 aromatic carbocycles. The number of carbonyl (C=O) groups is 1. The van der Waals surface area contributed by atoms with Gasteiger partial charge in [0.15, 0.2) is 0 Å². The number of nitrogens with one attached hydrogen (secondary N) is 1. The molecular weight excluding hydrogens is 200 g/mol. The number of rotatable bonds is 2. The fourth-order valence-corrected chi connectivity index (χ4v) is 2.23. The summed E-state index contributed by atoms with van der Waals surface area (Å²) in [7, 11) is 0. The van der Waals surface area contributed by atoms with Crippen molar-refractivity contribution >= 4 is 11.6 Å². The lowest BCUT2D eigenvalue weighted by Gasteiger charge is -2.20. The van der Waals surface area contributed by atoms with Crippen LogP contribution in [0.4, 0.5) is 5.69 Å². The Bertz CT molecular complexity index is 370. The van der Waals surface area contributed by atoms with E-state index in [0.29, 0.717) is 0 Å². The van der Waals surface area contributed by atoms with Crippen LogP contribution >= 0.6 is 0 Å². The van der Waals surface area contributed by atoms with E-state index in [1.807, 2.05) is 19.1 Å². The summed E-state index contributed by atoms with van der Waals surface area (Å²) < 4.78 is 0. The molecule has 1 heterocycles. The Hall–Kier alpha value is -1.38. The molecule has 86 valence electrons. The van der Waals surface area contributed by atoms with Crippen LogP contribution in [0.2, 0.25) is 0 Å². The molecule has 1 aliphatic rings. The molecule has 0 radical (unpaired) electrons. The van der Waals surface area contributed by atoms with Gasteiger partial charge in [0.25, 0.3) is 0 Å². The van der Waals surface area contributed by atoms with Crippen molar-refractivity contribution in [3.05, 3.63) is 24.0 Å². The smallest absolute Gasteiger partial charge is 0.227 e.